The number of amides is 1. The number of benzene rings is 1. The summed E-state index contributed by atoms with van der Waals surface area (Å²) in [6, 6.07) is 6.42. The highest BCUT2D eigenvalue weighted by atomic mass is 35.5. The van der Waals surface area contributed by atoms with Crippen LogP contribution in [0.15, 0.2) is 40.4 Å². The average Bonchev–Trinajstić information content (AvgIpc) is 2.98. The third kappa shape index (κ3) is 7.29. The zero-order valence-corrected chi connectivity index (χ0v) is 14.4. The Morgan fingerprint density at radius 1 is 1.39 bits per heavy atom. The van der Waals surface area contributed by atoms with Crippen LogP contribution in [0.3, 0.4) is 0 Å². The quantitative estimate of drug-likeness (QED) is 0.798. The first kappa shape index (κ1) is 19.2. The molecule has 23 heavy (non-hydrogen) atoms. The molecule has 1 amide bonds. The second-order valence-electron chi connectivity index (χ2n) is 4.08. The number of hydrogen-bond donors (Lipinski definition) is 2. The summed E-state index contributed by atoms with van der Waals surface area (Å²) in [6.07, 6.45) is 1.34. The summed E-state index contributed by atoms with van der Waals surface area (Å²) in [7, 11) is -2.52. The third-order valence-electron chi connectivity index (χ3n) is 2.40. The Kier molecular flexibility index (Phi) is 7.24. The van der Waals surface area contributed by atoms with Crippen LogP contribution in [0, 0.1) is 0 Å². The Labute approximate surface area is 142 Å². The number of methoxy groups -OCH3 is 1. The van der Waals surface area contributed by atoms with Gasteiger partial charge in [0.2, 0.25) is 0 Å². The minimum Gasteiger partial charge on any atom is -0.496 e. The molecule has 0 radical (unpaired) electrons. The van der Waals surface area contributed by atoms with Gasteiger partial charge >= 0.3 is 0 Å². The van der Waals surface area contributed by atoms with Gasteiger partial charge in [-0.1, -0.05) is 11.6 Å². The standard InChI is InChI=1S/C8H8ClNO2.C6H6O3S2/c1-12-7-4-5(9)2-3-6(7)8(10)11;7-11(8,9)4-2-6-1-3-10-5-6/h2-4H,1H3,(H2,10,11);1-5H,(H,7,8,9)/b;4-2+. The molecule has 0 aliphatic rings. The Morgan fingerprint density at radius 3 is 2.57 bits per heavy atom. The van der Waals surface area contributed by atoms with E-state index in [-0.39, 0.29) is 0 Å². The highest BCUT2D eigenvalue weighted by Crippen LogP contribution is 2.22. The van der Waals surface area contributed by atoms with Gasteiger partial charge in [-0.15, -0.1) is 0 Å². The molecule has 9 heteroatoms. The van der Waals surface area contributed by atoms with Crippen LogP contribution < -0.4 is 10.5 Å². The number of rotatable bonds is 4. The number of ether oxygens (including phenoxy) is 1. The lowest BCUT2D eigenvalue weighted by Gasteiger charge is -2.04. The van der Waals surface area contributed by atoms with Gasteiger partial charge in [-0.2, -0.15) is 19.8 Å². The maximum atomic E-state index is 10.8. The zero-order chi connectivity index (χ0) is 17.5. The second kappa shape index (κ2) is 8.68. The first-order valence-corrected chi connectivity index (χ1v) is 8.86. The summed E-state index contributed by atoms with van der Waals surface area (Å²) in [5, 5.41) is 4.87. The van der Waals surface area contributed by atoms with E-state index in [1.807, 2.05) is 5.38 Å². The van der Waals surface area contributed by atoms with Crippen molar-refractivity contribution in [1.29, 1.82) is 0 Å². The zero-order valence-electron chi connectivity index (χ0n) is 12.0. The number of carbonyl (C=O) groups is 1. The molecular weight excluding hydrogens is 362 g/mol. The van der Waals surface area contributed by atoms with Crippen molar-refractivity contribution < 1.29 is 22.5 Å². The van der Waals surface area contributed by atoms with E-state index in [1.165, 1.54) is 30.6 Å². The van der Waals surface area contributed by atoms with Crippen LogP contribution in [0.1, 0.15) is 15.9 Å². The highest BCUT2D eigenvalue weighted by molar-refractivity contribution is 7.88. The Hall–Kier alpha value is -1.87. The number of hydrogen-bond acceptors (Lipinski definition) is 5. The fourth-order valence-corrected chi connectivity index (χ4v) is 2.52. The van der Waals surface area contributed by atoms with Gasteiger partial charge in [0, 0.05) is 5.02 Å². The fourth-order valence-electron chi connectivity index (χ4n) is 1.40. The van der Waals surface area contributed by atoms with Crippen molar-refractivity contribution in [2.75, 3.05) is 7.11 Å². The molecule has 0 aliphatic heterocycles. The van der Waals surface area contributed by atoms with Crippen LogP contribution in [-0.4, -0.2) is 26.0 Å². The molecule has 0 fully saturated rings. The summed E-state index contributed by atoms with van der Waals surface area (Å²) >= 11 is 7.13. The molecule has 124 valence electrons. The average molecular weight is 376 g/mol. The second-order valence-corrected chi connectivity index (χ2v) is 6.60. The molecule has 0 spiro atoms. The molecule has 2 rings (SSSR count). The lowest BCUT2D eigenvalue weighted by atomic mass is 10.2. The molecule has 0 saturated carbocycles. The number of thiophene rings is 1. The van der Waals surface area contributed by atoms with Crippen LogP contribution in [0.5, 0.6) is 5.75 Å². The molecule has 0 atom stereocenters. The summed E-state index contributed by atoms with van der Waals surface area (Å²) in [5.41, 5.74) is 6.18. The molecule has 0 saturated heterocycles. The van der Waals surface area contributed by atoms with Crippen molar-refractivity contribution in [3.8, 4) is 5.75 Å². The predicted octanol–water partition coefficient (Wildman–Crippen LogP) is 3.05. The fraction of sp³-hybridized carbons (Fsp3) is 0.0714. The van der Waals surface area contributed by atoms with Gasteiger partial charge in [0.25, 0.3) is 16.0 Å². The lowest BCUT2D eigenvalue weighted by Crippen LogP contribution is -2.12. The molecule has 1 heterocycles. The van der Waals surface area contributed by atoms with Gasteiger partial charge < -0.3 is 10.5 Å². The minimum atomic E-state index is -3.98. The van der Waals surface area contributed by atoms with Gasteiger partial charge in [0.15, 0.2) is 0 Å². The molecule has 0 unspecified atom stereocenters. The summed E-state index contributed by atoms with van der Waals surface area (Å²) in [4.78, 5) is 10.8. The van der Waals surface area contributed by atoms with Gasteiger partial charge in [0.05, 0.1) is 18.1 Å². The minimum absolute atomic E-state index is 0.335. The SMILES string of the molecule is COc1cc(Cl)ccc1C(N)=O.O=S(=O)(O)/C=C/c1ccsc1. The molecule has 0 aliphatic carbocycles. The van der Waals surface area contributed by atoms with Crippen LogP contribution in [0.4, 0.5) is 0 Å². The topological polar surface area (TPSA) is 107 Å². The number of carbonyl (C=O) groups excluding carboxylic acids is 1. The monoisotopic (exact) mass is 375 g/mol. The van der Waals surface area contributed by atoms with Crippen LogP contribution >= 0.6 is 22.9 Å². The van der Waals surface area contributed by atoms with Crippen molar-refractivity contribution in [3.05, 3.63) is 56.6 Å². The maximum absolute atomic E-state index is 10.8. The number of halogens is 1. The van der Waals surface area contributed by atoms with Gasteiger partial charge in [-0.05, 0) is 46.7 Å². The normalized spacial score (nSPS) is 10.9. The largest absolute Gasteiger partial charge is 0.496 e. The Morgan fingerprint density at radius 2 is 2.09 bits per heavy atom. The maximum Gasteiger partial charge on any atom is 0.287 e. The van der Waals surface area contributed by atoms with E-state index >= 15 is 0 Å². The Bertz CT molecular complexity index is 786. The summed E-state index contributed by atoms with van der Waals surface area (Å²) in [5.74, 6) is -0.126. The molecule has 3 N–H and O–H groups in total. The van der Waals surface area contributed by atoms with Gasteiger partial charge in [-0.25, -0.2) is 0 Å². The van der Waals surface area contributed by atoms with E-state index in [4.69, 9.17) is 26.6 Å². The molecular formula is C14H14ClNO5S2. The van der Waals surface area contributed by atoms with Crippen molar-refractivity contribution >= 4 is 45.0 Å². The van der Waals surface area contributed by atoms with E-state index in [1.54, 1.807) is 23.6 Å². The van der Waals surface area contributed by atoms with Crippen molar-refractivity contribution in [3.63, 3.8) is 0 Å². The van der Waals surface area contributed by atoms with Crippen LogP contribution in [0.25, 0.3) is 6.08 Å². The van der Waals surface area contributed by atoms with Gasteiger partial charge in [0.1, 0.15) is 5.75 Å². The van der Waals surface area contributed by atoms with Crippen LogP contribution in [0.2, 0.25) is 5.02 Å². The molecule has 6 nitrogen and oxygen atoms in total. The summed E-state index contributed by atoms with van der Waals surface area (Å²) < 4.78 is 33.6. The lowest BCUT2D eigenvalue weighted by molar-refractivity contribution is 0.0997. The van der Waals surface area contributed by atoms with Crippen LogP contribution in [-0.2, 0) is 10.1 Å². The van der Waals surface area contributed by atoms with Crippen molar-refractivity contribution in [2.45, 2.75) is 0 Å². The number of primary amides is 1. The Balaban J connectivity index is 0.000000231. The van der Waals surface area contributed by atoms with E-state index in [0.717, 1.165) is 11.0 Å². The smallest absolute Gasteiger partial charge is 0.287 e. The third-order valence-corrected chi connectivity index (χ3v) is 3.82. The molecule has 2 aromatic rings. The molecule has 1 aromatic heterocycles. The van der Waals surface area contributed by atoms with E-state index in [2.05, 4.69) is 0 Å². The van der Waals surface area contributed by atoms with E-state index < -0.39 is 16.0 Å². The van der Waals surface area contributed by atoms with Crippen molar-refractivity contribution in [2.24, 2.45) is 5.73 Å². The van der Waals surface area contributed by atoms with Crippen molar-refractivity contribution in [1.82, 2.24) is 0 Å². The van der Waals surface area contributed by atoms with E-state index in [0.29, 0.717) is 16.3 Å². The highest BCUT2D eigenvalue weighted by Gasteiger charge is 2.07. The first-order chi connectivity index (χ1) is 10.7. The summed E-state index contributed by atoms with van der Waals surface area (Å²) in [6.45, 7) is 0. The first-order valence-electron chi connectivity index (χ1n) is 6.04. The van der Waals surface area contributed by atoms with E-state index in [9.17, 15) is 13.2 Å². The molecule has 1 aromatic carbocycles. The molecule has 0 bridgehead atoms. The van der Waals surface area contributed by atoms with Gasteiger partial charge in [-0.3, -0.25) is 9.35 Å². The predicted molar refractivity (Wildman–Crippen MR) is 91.4 cm³/mol. The number of nitrogens with two attached hydrogens (primary N) is 1.